The summed E-state index contributed by atoms with van der Waals surface area (Å²) in [7, 11) is 0. The van der Waals surface area contributed by atoms with E-state index in [4.69, 9.17) is 4.74 Å². The highest BCUT2D eigenvalue weighted by Crippen LogP contribution is 2.35. The molecule has 2 heterocycles. The Hall–Kier alpha value is -0.0800. The maximum Gasteiger partial charge on any atom is 0.0645 e. The third-order valence-corrected chi connectivity index (χ3v) is 3.27. The Labute approximate surface area is 74.9 Å². The van der Waals surface area contributed by atoms with Crippen LogP contribution in [0.2, 0.25) is 0 Å². The molecule has 70 valence electrons. The molecule has 2 saturated heterocycles. The van der Waals surface area contributed by atoms with Crippen LogP contribution in [0.5, 0.6) is 0 Å². The van der Waals surface area contributed by atoms with Gasteiger partial charge in [0.25, 0.3) is 0 Å². The van der Waals surface area contributed by atoms with Gasteiger partial charge in [-0.3, -0.25) is 4.90 Å². The molecule has 2 nitrogen and oxygen atoms in total. The Balaban J connectivity index is 1.76. The number of likely N-dealkylation sites (tertiary alicyclic amines) is 1. The second-order valence-electron chi connectivity index (χ2n) is 5.21. The maximum atomic E-state index is 5.17. The first-order valence-corrected chi connectivity index (χ1v) is 4.89. The fraction of sp³-hybridized carbons (Fsp3) is 1.00. The van der Waals surface area contributed by atoms with Crippen LogP contribution in [0.3, 0.4) is 0 Å². The van der Waals surface area contributed by atoms with Crippen molar-refractivity contribution >= 4 is 0 Å². The van der Waals surface area contributed by atoms with Gasteiger partial charge in [0.2, 0.25) is 0 Å². The van der Waals surface area contributed by atoms with E-state index in [0.717, 1.165) is 25.2 Å². The molecule has 0 atom stereocenters. The minimum absolute atomic E-state index is 0.501. The van der Waals surface area contributed by atoms with Crippen molar-refractivity contribution < 1.29 is 4.74 Å². The highest BCUT2D eigenvalue weighted by Gasteiger charge is 2.40. The predicted octanol–water partition coefficient (Wildman–Crippen LogP) is 1.36. The van der Waals surface area contributed by atoms with Gasteiger partial charge in [-0.25, -0.2) is 0 Å². The van der Waals surface area contributed by atoms with Crippen molar-refractivity contribution in [2.45, 2.75) is 26.8 Å². The van der Waals surface area contributed by atoms with Crippen LogP contribution in [0.4, 0.5) is 0 Å². The van der Waals surface area contributed by atoms with Crippen molar-refractivity contribution in [2.75, 3.05) is 26.3 Å². The summed E-state index contributed by atoms with van der Waals surface area (Å²) < 4.78 is 5.17. The summed E-state index contributed by atoms with van der Waals surface area (Å²) in [6, 6.07) is 0.753. The summed E-state index contributed by atoms with van der Waals surface area (Å²) in [5, 5.41) is 0. The molecule has 2 aliphatic rings. The highest BCUT2D eigenvalue weighted by molar-refractivity contribution is 4.93. The molecule has 2 rings (SSSR count). The summed E-state index contributed by atoms with van der Waals surface area (Å²) in [5.41, 5.74) is 0.501. The molecule has 2 aliphatic heterocycles. The van der Waals surface area contributed by atoms with E-state index < -0.39 is 0 Å². The van der Waals surface area contributed by atoms with E-state index in [0.29, 0.717) is 5.41 Å². The number of nitrogens with zero attached hydrogens (tertiary/aromatic N) is 1. The van der Waals surface area contributed by atoms with E-state index in [1.54, 1.807) is 0 Å². The van der Waals surface area contributed by atoms with Crippen molar-refractivity contribution in [3.63, 3.8) is 0 Å². The normalized spacial score (nSPS) is 28.2. The zero-order chi connectivity index (χ0) is 8.77. The average molecular weight is 169 g/mol. The molecular formula is C10H19NO. The first-order valence-electron chi connectivity index (χ1n) is 4.89. The van der Waals surface area contributed by atoms with Gasteiger partial charge in [0, 0.05) is 13.1 Å². The Bertz CT molecular complexity index is 163. The monoisotopic (exact) mass is 169 g/mol. The molecule has 0 N–H and O–H groups in total. The van der Waals surface area contributed by atoms with Crippen LogP contribution < -0.4 is 0 Å². The first kappa shape index (κ1) is 8.52. The molecule has 0 aromatic rings. The molecule has 0 amide bonds. The number of hydrogen-bond donors (Lipinski definition) is 0. The Morgan fingerprint density at radius 2 is 1.75 bits per heavy atom. The number of ether oxygens (including phenoxy) is 1. The summed E-state index contributed by atoms with van der Waals surface area (Å²) in [6.07, 6.45) is 0. The van der Waals surface area contributed by atoms with E-state index in [-0.39, 0.29) is 0 Å². The minimum atomic E-state index is 0.501. The van der Waals surface area contributed by atoms with Crippen LogP contribution in [0.1, 0.15) is 20.8 Å². The molecule has 0 aromatic heterocycles. The smallest absolute Gasteiger partial charge is 0.0645 e. The van der Waals surface area contributed by atoms with Crippen molar-refractivity contribution in [3.05, 3.63) is 0 Å². The SMILES string of the molecule is CC(C)(C)C1CN(C2COC2)C1. The molecule has 0 spiro atoms. The lowest BCUT2D eigenvalue weighted by atomic mass is 9.75. The molecule has 12 heavy (non-hydrogen) atoms. The van der Waals surface area contributed by atoms with Crippen molar-refractivity contribution in [3.8, 4) is 0 Å². The third-order valence-electron chi connectivity index (χ3n) is 3.27. The van der Waals surface area contributed by atoms with E-state index in [9.17, 15) is 0 Å². The lowest BCUT2D eigenvalue weighted by Gasteiger charge is -2.51. The molecule has 0 radical (unpaired) electrons. The number of hydrogen-bond acceptors (Lipinski definition) is 2. The van der Waals surface area contributed by atoms with Gasteiger partial charge >= 0.3 is 0 Å². The summed E-state index contributed by atoms with van der Waals surface area (Å²) in [4.78, 5) is 2.55. The summed E-state index contributed by atoms with van der Waals surface area (Å²) >= 11 is 0. The molecule has 0 aromatic carbocycles. The summed E-state index contributed by atoms with van der Waals surface area (Å²) in [6.45, 7) is 11.5. The number of rotatable bonds is 1. The third kappa shape index (κ3) is 1.38. The second-order valence-corrected chi connectivity index (χ2v) is 5.21. The van der Waals surface area contributed by atoms with Crippen LogP contribution in [0.15, 0.2) is 0 Å². The lowest BCUT2D eigenvalue weighted by molar-refractivity contribution is -0.117. The molecule has 2 fully saturated rings. The Morgan fingerprint density at radius 3 is 2.08 bits per heavy atom. The maximum absolute atomic E-state index is 5.17. The van der Waals surface area contributed by atoms with Gasteiger partial charge in [-0.05, 0) is 11.3 Å². The second kappa shape index (κ2) is 2.71. The average Bonchev–Trinajstić information content (AvgIpc) is 1.67. The lowest BCUT2D eigenvalue weighted by Crippen LogP contribution is -2.61. The van der Waals surface area contributed by atoms with Crippen LogP contribution in [0.25, 0.3) is 0 Å². The molecular weight excluding hydrogens is 150 g/mol. The Kier molecular flexibility index (Phi) is 1.92. The van der Waals surface area contributed by atoms with E-state index in [1.165, 1.54) is 13.1 Å². The van der Waals surface area contributed by atoms with Gasteiger partial charge in [0.05, 0.1) is 19.3 Å². The van der Waals surface area contributed by atoms with Crippen LogP contribution in [-0.2, 0) is 4.74 Å². The fourth-order valence-corrected chi connectivity index (χ4v) is 1.79. The van der Waals surface area contributed by atoms with Crippen LogP contribution >= 0.6 is 0 Å². The quantitative estimate of drug-likeness (QED) is 0.587. The van der Waals surface area contributed by atoms with E-state index in [2.05, 4.69) is 25.7 Å². The molecule has 0 unspecified atom stereocenters. The molecule has 0 saturated carbocycles. The van der Waals surface area contributed by atoms with Gasteiger partial charge < -0.3 is 4.74 Å². The molecule has 2 heteroatoms. The summed E-state index contributed by atoms with van der Waals surface area (Å²) in [5.74, 6) is 0.901. The largest absolute Gasteiger partial charge is 0.378 e. The Morgan fingerprint density at radius 1 is 1.17 bits per heavy atom. The van der Waals surface area contributed by atoms with Gasteiger partial charge in [0.1, 0.15) is 0 Å². The zero-order valence-corrected chi connectivity index (χ0v) is 8.34. The fourth-order valence-electron chi connectivity index (χ4n) is 1.79. The molecule has 0 bridgehead atoms. The topological polar surface area (TPSA) is 12.5 Å². The standard InChI is InChI=1S/C10H19NO/c1-10(2,3)8-4-11(5-8)9-6-12-7-9/h8-9H,4-7H2,1-3H3. The van der Waals surface area contributed by atoms with Crippen molar-refractivity contribution in [2.24, 2.45) is 11.3 Å². The van der Waals surface area contributed by atoms with Gasteiger partial charge in [-0.15, -0.1) is 0 Å². The van der Waals surface area contributed by atoms with Gasteiger partial charge in [-0.1, -0.05) is 20.8 Å². The highest BCUT2D eigenvalue weighted by atomic mass is 16.5. The van der Waals surface area contributed by atoms with Gasteiger partial charge in [-0.2, -0.15) is 0 Å². The van der Waals surface area contributed by atoms with Crippen LogP contribution in [-0.4, -0.2) is 37.2 Å². The predicted molar refractivity (Wildman–Crippen MR) is 49.1 cm³/mol. The van der Waals surface area contributed by atoms with Crippen molar-refractivity contribution in [1.82, 2.24) is 4.90 Å². The van der Waals surface area contributed by atoms with E-state index in [1.807, 2.05) is 0 Å². The van der Waals surface area contributed by atoms with Crippen molar-refractivity contribution in [1.29, 1.82) is 0 Å². The van der Waals surface area contributed by atoms with Gasteiger partial charge in [0.15, 0.2) is 0 Å². The zero-order valence-electron chi connectivity index (χ0n) is 8.34. The first-order chi connectivity index (χ1) is 5.57. The molecule has 0 aliphatic carbocycles. The van der Waals surface area contributed by atoms with E-state index >= 15 is 0 Å². The minimum Gasteiger partial charge on any atom is -0.378 e. The van der Waals surface area contributed by atoms with Crippen LogP contribution in [0, 0.1) is 11.3 Å².